The van der Waals surface area contributed by atoms with E-state index < -0.39 is 0 Å². The van der Waals surface area contributed by atoms with Crippen LogP contribution < -0.4 is 5.32 Å². The summed E-state index contributed by atoms with van der Waals surface area (Å²) < 4.78 is 0. The average Bonchev–Trinajstić information content (AvgIpc) is 2.28. The second-order valence-electron chi connectivity index (χ2n) is 6.84. The average molecular weight is 247 g/mol. The van der Waals surface area contributed by atoms with Crippen LogP contribution in [0.2, 0.25) is 0 Å². The number of nitrogens with one attached hydrogen (secondary N) is 1. The van der Waals surface area contributed by atoms with Gasteiger partial charge in [-0.3, -0.25) is 0 Å². The lowest BCUT2D eigenvalue weighted by molar-refractivity contribution is 0.182. The molecular formula is C17H29N. The van der Waals surface area contributed by atoms with Gasteiger partial charge < -0.3 is 5.32 Å². The van der Waals surface area contributed by atoms with Crippen molar-refractivity contribution in [2.45, 2.75) is 59.4 Å². The van der Waals surface area contributed by atoms with E-state index in [1.807, 2.05) is 0 Å². The highest BCUT2D eigenvalue weighted by Gasteiger charge is 2.38. The van der Waals surface area contributed by atoms with E-state index in [4.69, 9.17) is 0 Å². The molecule has 0 saturated carbocycles. The van der Waals surface area contributed by atoms with Gasteiger partial charge in [-0.1, -0.05) is 71.9 Å². The Morgan fingerprint density at radius 3 is 2.00 bits per heavy atom. The molecule has 1 aromatic carbocycles. The van der Waals surface area contributed by atoms with Crippen LogP contribution in [0.15, 0.2) is 30.3 Å². The summed E-state index contributed by atoms with van der Waals surface area (Å²) in [6.07, 6.45) is 1.18. The first-order valence-corrected chi connectivity index (χ1v) is 7.09. The Morgan fingerprint density at radius 1 is 1.00 bits per heavy atom. The SMILES string of the molecule is CCCNC(C(C)(C)C)C(C)(C)c1ccccc1. The molecule has 1 N–H and O–H groups in total. The highest BCUT2D eigenvalue weighted by molar-refractivity contribution is 5.26. The molecule has 0 aliphatic heterocycles. The summed E-state index contributed by atoms with van der Waals surface area (Å²) in [5, 5.41) is 3.75. The molecule has 1 atom stereocenters. The van der Waals surface area contributed by atoms with Gasteiger partial charge in [-0.15, -0.1) is 0 Å². The maximum Gasteiger partial charge on any atom is 0.0207 e. The van der Waals surface area contributed by atoms with E-state index in [9.17, 15) is 0 Å². The monoisotopic (exact) mass is 247 g/mol. The van der Waals surface area contributed by atoms with E-state index in [0.29, 0.717) is 6.04 Å². The highest BCUT2D eigenvalue weighted by atomic mass is 14.9. The van der Waals surface area contributed by atoms with Crippen molar-refractivity contribution in [1.29, 1.82) is 0 Å². The van der Waals surface area contributed by atoms with Crippen molar-refractivity contribution in [3.63, 3.8) is 0 Å². The van der Waals surface area contributed by atoms with Crippen LogP contribution in [0.4, 0.5) is 0 Å². The summed E-state index contributed by atoms with van der Waals surface area (Å²) in [5.41, 5.74) is 1.79. The first kappa shape index (κ1) is 15.2. The first-order valence-electron chi connectivity index (χ1n) is 7.09. The van der Waals surface area contributed by atoms with Gasteiger partial charge in [0.1, 0.15) is 0 Å². The van der Waals surface area contributed by atoms with Crippen LogP contribution in [-0.2, 0) is 5.41 Å². The number of hydrogen-bond donors (Lipinski definition) is 1. The molecule has 0 amide bonds. The number of rotatable bonds is 5. The molecule has 1 aromatic rings. The maximum absolute atomic E-state index is 3.75. The van der Waals surface area contributed by atoms with Gasteiger partial charge in [0.05, 0.1) is 0 Å². The van der Waals surface area contributed by atoms with Gasteiger partial charge in [0.2, 0.25) is 0 Å². The van der Waals surface area contributed by atoms with Crippen LogP contribution in [0, 0.1) is 5.41 Å². The summed E-state index contributed by atoms with van der Waals surface area (Å²) in [5.74, 6) is 0. The van der Waals surface area contributed by atoms with Crippen molar-refractivity contribution in [2.24, 2.45) is 5.41 Å². The Kier molecular flexibility index (Phi) is 4.98. The molecule has 1 heteroatoms. The summed E-state index contributed by atoms with van der Waals surface area (Å²) >= 11 is 0. The Labute approximate surface area is 113 Å². The highest BCUT2D eigenvalue weighted by Crippen LogP contribution is 2.36. The molecule has 0 spiro atoms. The van der Waals surface area contributed by atoms with Crippen LogP contribution in [0.5, 0.6) is 0 Å². The second-order valence-corrected chi connectivity index (χ2v) is 6.84. The topological polar surface area (TPSA) is 12.0 Å². The fourth-order valence-corrected chi connectivity index (χ4v) is 2.97. The first-order chi connectivity index (χ1) is 8.30. The minimum Gasteiger partial charge on any atom is -0.313 e. The van der Waals surface area contributed by atoms with Crippen LogP contribution >= 0.6 is 0 Å². The van der Waals surface area contributed by atoms with Crippen molar-refractivity contribution in [3.8, 4) is 0 Å². The predicted molar refractivity (Wildman–Crippen MR) is 81.0 cm³/mol. The third-order valence-corrected chi connectivity index (χ3v) is 3.70. The van der Waals surface area contributed by atoms with E-state index in [1.165, 1.54) is 12.0 Å². The van der Waals surface area contributed by atoms with Gasteiger partial charge in [0.15, 0.2) is 0 Å². The summed E-state index contributed by atoms with van der Waals surface area (Å²) in [6, 6.07) is 11.3. The molecule has 0 bridgehead atoms. The summed E-state index contributed by atoms with van der Waals surface area (Å²) in [7, 11) is 0. The van der Waals surface area contributed by atoms with Crippen LogP contribution in [0.25, 0.3) is 0 Å². The standard InChI is InChI=1S/C17H29N/c1-7-13-18-15(16(2,3)4)17(5,6)14-11-9-8-10-12-14/h8-12,15,18H,7,13H2,1-6H3. The minimum atomic E-state index is 0.134. The third-order valence-electron chi connectivity index (χ3n) is 3.70. The molecule has 1 unspecified atom stereocenters. The molecule has 102 valence electrons. The molecule has 1 nitrogen and oxygen atoms in total. The van der Waals surface area contributed by atoms with E-state index in [1.54, 1.807) is 0 Å². The quantitative estimate of drug-likeness (QED) is 0.814. The van der Waals surface area contributed by atoms with Gasteiger partial charge in [-0.2, -0.15) is 0 Å². The lowest BCUT2D eigenvalue weighted by atomic mass is 9.67. The van der Waals surface area contributed by atoms with Gasteiger partial charge in [-0.25, -0.2) is 0 Å². The molecular weight excluding hydrogens is 218 g/mol. The fraction of sp³-hybridized carbons (Fsp3) is 0.647. The predicted octanol–water partition coefficient (Wildman–Crippen LogP) is 4.38. The van der Waals surface area contributed by atoms with Crippen LogP contribution in [0.3, 0.4) is 0 Å². The Hall–Kier alpha value is -0.820. The molecule has 1 rings (SSSR count). The van der Waals surface area contributed by atoms with Crippen molar-refractivity contribution in [1.82, 2.24) is 5.32 Å². The molecule has 18 heavy (non-hydrogen) atoms. The zero-order valence-corrected chi connectivity index (χ0v) is 12.9. The minimum absolute atomic E-state index is 0.134. The lowest BCUT2D eigenvalue weighted by Crippen LogP contribution is -2.52. The normalized spacial score (nSPS) is 14.6. The molecule has 0 aliphatic carbocycles. The zero-order valence-electron chi connectivity index (χ0n) is 12.9. The smallest absolute Gasteiger partial charge is 0.0207 e. The lowest BCUT2D eigenvalue weighted by Gasteiger charge is -2.44. The van der Waals surface area contributed by atoms with E-state index >= 15 is 0 Å². The Bertz CT molecular complexity index is 346. The molecule has 0 heterocycles. The van der Waals surface area contributed by atoms with Crippen molar-refractivity contribution in [3.05, 3.63) is 35.9 Å². The third kappa shape index (κ3) is 3.58. The van der Waals surface area contributed by atoms with E-state index in [2.05, 4.69) is 77.2 Å². The molecule has 0 saturated heterocycles. The van der Waals surface area contributed by atoms with Gasteiger partial charge in [0.25, 0.3) is 0 Å². The molecule has 0 aliphatic rings. The van der Waals surface area contributed by atoms with E-state index in [-0.39, 0.29) is 10.8 Å². The van der Waals surface area contributed by atoms with Crippen molar-refractivity contribution < 1.29 is 0 Å². The van der Waals surface area contributed by atoms with Gasteiger partial charge >= 0.3 is 0 Å². The second kappa shape index (κ2) is 5.88. The maximum atomic E-state index is 3.75. The van der Waals surface area contributed by atoms with Crippen LogP contribution in [0.1, 0.15) is 53.5 Å². The largest absolute Gasteiger partial charge is 0.313 e. The zero-order chi connectivity index (χ0) is 13.8. The summed E-state index contributed by atoms with van der Waals surface area (Å²) in [4.78, 5) is 0. The van der Waals surface area contributed by atoms with E-state index in [0.717, 1.165) is 6.54 Å². The summed E-state index contributed by atoms with van der Waals surface area (Å²) in [6.45, 7) is 15.0. The number of benzene rings is 1. The van der Waals surface area contributed by atoms with Crippen molar-refractivity contribution in [2.75, 3.05) is 6.54 Å². The van der Waals surface area contributed by atoms with Crippen LogP contribution in [-0.4, -0.2) is 12.6 Å². The number of hydrogen-bond acceptors (Lipinski definition) is 1. The Balaban J connectivity index is 3.03. The van der Waals surface area contributed by atoms with Gasteiger partial charge in [0, 0.05) is 11.5 Å². The van der Waals surface area contributed by atoms with Crippen molar-refractivity contribution >= 4 is 0 Å². The Morgan fingerprint density at radius 2 is 1.56 bits per heavy atom. The fourth-order valence-electron chi connectivity index (χ4n) is 2.97. The van der Waals surface area contributed by atoms with Gasteiger partial charge in [-0.05, 0) is 23.9 Å². The molecule has 0 radical (unpaired) electrons. The molecule has 0 fully saturated rings. The molecule has 0 aromatic heterocycles.